The Labute approximate surface area is 225 Å². The van der Waals surface area contributed by atoms with Crippen LogP contribution >= 0.6 is 11.6 Å². The largest absolute Gasteiger partial charge is 0.340 e. The molecule has 0 spiro atoms. The molecule has 10 heteroatoms. The second-order valence-electron chi connectivity index (χ2n) is 9.19. The van der Waals surface area contributed by atoms with E-state index in [0.29, 0.717) is 24.4 Å². The van der Waals surface area contributed by atoms with Crippen LogP contribution in [-0.2, 0) is 21.4 Å². The minimum Gasteiger partial charge on any atom is -0.340 e. The molecule has 1 saturated heterocycles. The van der Waals surface area contributed by atoms with Gasteiger partial charge in [-0.05, 0) is 67.8 Å². The standard InChI is InChI=1S/C28H26ClFN4O3S/c1-19-25(24-5-2-3-6-26(24)33(19)18-20-8-12-22(30)13-9-20)17-31-32-28(35)27-7-4-16-34(27)38(36,37)23-14-10-21(29)11-15-23/h2-3,5-6,8-15,17,27H,4,7,16,18H2,1H3,(H,32,35)/b31-17-/t27-/m1/s1. The maximum absolute atomic E-state index is 13.4. The molecule has 196 valence electrons. The molecule has 0 aliphatic carbocycles. The first-order valence-corrected chi connectivity index (χ1v) is 14.0. The third-order valence-corrected chi connectivity index (χ3v) is 9.00. The molecule has 0 bridgehead atoms. The molecule has 1 aliphatic heterocycles. The van der Waals surface area contributed by atoms with Gasteiger partial charge in [-0.3, -0.25) is 4.79 Å². The number of nitrogens with zero attached hydrogens (tertiary/aromatic N) is 3. The SMILES string of the molecule is Cc1c(/C=N\NC(=O)[C@H]2CCCN2S(=O)(=O)c2ccc(Cl)cc2)c2ccccc2n1Cc1ccc(F)cc1. The molecule has 1 atom stereocenters. The van der Waals surface area contributed by atoms with Gasteiger partial charge in [-0.1, -0.05) is 41.9 Å². The highest BCUT2D eigenvalue weighted by molar-refractivity contribution is 7.89. The molecule has 2 heterocycles. The van der Waals surface area contributed by atoms with E-state index >= 15 is 0 Å². The molecule has 0 unspecified atom stereocenters. The van der Waals surface area contributed by atoms with E-state index in [2.05, 4.69) is 15.1 Å². The smallest absolute Gasteiger partial charge is 0.258 e. The fraction of sp³-hybridized carbons (Fsp3) is 0.214. The molecule has 1 fully saturated rings. The zero-order chi connectivity index (χ0) is 26.9. The first kappa shape index (κ1) is 26.1. The molecule has 3 aromatic carbocycles. The van der Waals surface area contributed by atoms with Crippen LogP contribution in [0.15, 0.2) is 82.8 Å². The van der Waals surface area contributed by atoms with Gasteiger partial charge in [-0.15, -0.1) is 0 Å². The highest BCUT2D eigenvalue weighted by atomic mass is 35.5. The molecule has 1 amide bonds. The second-order valence-corrected chi connectivity index (χ2v) is 11.5. The monoisotopic (exact) mass is 552 g/mol. The van der Waals surface area contributed by atoms with Gasteiger partial charge in [0, 0.05) is 40.3 Å². The number of carbonyl (C=O) groups excluding carboxylic acids is 1. The minimum absolute atomic E-state index is 0.0923. The number of hydrogen-bond donors (Lipinski definition) is 1. The summed E-state index contributed by atoms with van der Waals surface area (Å²) in [6.45, 7) is 2.76. The Morgan fingerprint density at radius 1 is 1.11 bits per heavy atom. The third-order valence-electron chi connectivity index (χ3n) is 6.83. The topological polar surface area (TPSA) is 83.8 Å². The van der Waals surface area contributed by atoms with Gasteiger partial charge in [0.05, 0.1) is 11.1 Å². The normalized spacial score (nSPS) is 16.4. The summed E-state index contributed by atoms with van der Waals surface area (Å²) in [5.74, 6) is -0.766. The van der Waals surface area contributed by atoms with Gasteiger partial charge < -0.3 is 4.57 Å². The van der Waals surface area contributed by atoms with Crippen molar-refractivity contribution in [3.63, 3.8) is 0 Å². The van der Waals surface area contributed by atoms with Crippen LogP contribution in [-0.4, -0.2) is 42.0 Å². The average Bonchev–Trinajstić information content (AvgIpc) is 3.51. The van der Waals surface area contributed by atoms with E-state index in [1.807, 2.05) is 31.2 Å². The summed E-state index contributed by atoms with van der Waals surface area (Å²) in [4.78, 5) is 13.1. The van der Waals surface area contributed by atoms with Crippen molar-refractivity contribution in [1.29, 1.82) is 0 Å². The van der Waals surface area contributed by atoms with Crippen molar-refractivity contribution in [3.8, 4) is 0 Å². The van der Waals surface area contributed by atoms with Crippen molar-refractivity contribution in [2.24, 2.45) is 5.10 Å². The number of aromatic nitrogens is 1. The Morgan fingerprint density at radius 3 is 2.55 bits per heavy atom. The number of halogens is 2. The zero-order valence-electron chi connectivity index (χ0n) is 20.6. The number of carbonyl (C=O) groups is 1. The first-order chi connectivity index (χ1) is 18.3. The van der Waals surface area contributed by atoms with Crippen molar-refractivity contribution < 1.29 is 17.6 Å². The predicted octanol–water partition coefficient (Wildman–Crippen LogP) is 5.09. The van der Waals surface area contributed by atoms with E-state index in [-0.39, 0.29) is 17.3 Å². The van der Waals surface area contributed by atoms with Crippen molar-refractivity contribution in [1.82, 2.24) is 14.3 Å². The Bertz CT molecular complexity index is 1620. The lowest BCUT2D eigenvalue weighted by Gasteiger charge is -2.22. The van der Waals surface area contributed by atoms with Crippen LogP contribution in [0.1, 0.15) is 29.7 Å². The van der Waals surface area contributed by atoms with E-state index in [0.717, 1.165) is 27.7 Å². The van der Waals surface area contributed by atoms with Gasteiger partial charge in [-0.2, -0.15) is 9.41 Å². The summed E-state index contributed by atoms with van der Waals surface area (Å²) in [7, 11) is -3.86. The number of hydrazone groups is 1. The lowest BCUT2D eigenvalue weighted by Crippen LogP contribution is -2.44. The van der Waals surface area contributed by atoms with Crippen molar-refractivity contribution in [2.45, 2.75) is 37.2 Å². The quantitative estimate of drug-likeness (QED) is 0.256. The van der Waals surface area contributed by atoms with Crippen molar-refractivity contribution in [3.05, 3.63) is 100 Å². The minimum atomic E-state index is -3.86. The van der Waals surface area contributed by atoms with E-state index in [1.54, 1.807) is 18.3 Å². The number of benzene rings is 3. The van der Waals surface area contributed by atoms with Gasteiger partial charge >= 0.3 is 0 Å². The van der Waals surface area contributed by atoms with Gasteiger partial charge in [0.2, 0.25) is 10.0 Å². The van der Waals surface area contributed by atoms with Crippen molar-refractivity contribution in [2.75, 3.05) is 6.54 Å². The van der Waals surface area contributed by atoms with Crippen LogP contribution in [0.5, 0.6) is 0 Å². The maximum atomic E-state index is 13.4. The maximum Gasteiger partial charge on any atom is 0.258 e. The van der Waals surface area contributed by atoms with Crippen LogP contribution in [0.3, 0.4) is 0 Å². The molecule has 1 aliphatic rings. The van der Waals surface area contributed by atoms with E-state index in [1.165, 1.54) is 40.7 Å². The van der Waals surface area contributed by atoms with Crippen molar-refractivity contribution >= 4 is 44.6 Å². The van der Waals surface area contributed by atoms with Crippen LogP contribution < -0.4 is 5.43 Å². The van der Waals surface area contributed by atoms with Crippen LogP contribution in [0.4, 0.5) is 4.39 Å². The molecule has 38 heavy (non-hydrogen) atoms. The third kappa shape index (κ3) is 5.09. The number of hydrogen-bond acceptors (Lipinski definition) is 4. The molecular formula is C28H26ClFN4O3S. The second kappa shape index (κ2) is 10.7. The molecule has 1 N–H and O–H groups in total. The zero-order valence-corrected chi connectivity index (χ0v) is 22.2. The molecule has 0 radical (unpaired) electrons. The molecule has 0 saturated carbocycles. The van der Waals surface area contributed by atoms with Crippen LogP contribution in [0.2, 0.25) is 5.02 Å². The van der Waals surface area contributed by atoms with Gasteiger partial charge in [0.25, 0.3) is 5.91 Å². The summed E-state index contributed by atoms with van der Waals surface area (Å²) in [6, 6.07) is 19.3. The average molecular weight is 553 g/mol. The Hall–Kier alpha value is -3.53. The molecule has 1 aromatic heterocycles. The number of amides is 1. The predicted molar refractivity (Wildman–Crippen MR) is 146 cm³/mol. The van der Waals surface area contributed by atoms with E-state index in [4.69, 9.17) is 11.6 Å². The van der Waals surface area contributed by atoms with Crippen LogP contribution in [0.25, 0.3) is 10.9 Å². The number of rotatable bonds is 7. The Morgan fingerprint density at radius 2 is 1.82 bits per heavy atom. The molecule has 4 aromatic rings. The fourth-order valence-corrected chi connectivity index (χ4v) is 6.65. The number of fused-ring (bicyclic) bond motifs is 1. The summed E-state index contributed by atoms with van der Waals surface area (Å²) >= 11 is 5.90. The molecular weight excluding hydrogens is 527 g/mol. The molecule has 5 rings (SSSR count). The summed E-state index contributed by atoms with van der Waals surface area (Å²) in [6.07, 6.45) is 2.57. The highest BCUT2D eigenvalue weighted by Crippen LogP contribution is 2.28. The number of sulfonamides is 1. The Kier molecular flexibility index (Phi) is 7.34. The summed E-state index contributed by atoms with van der Waals surface area (Å²) in [5, 5.41) is 5.59. The summed E-state index contributed by atoms with van der Waals surface area (Å²) < 4.78 is 43.0. The number of para-hydroxylation sites is 1. The van der Waals surface area contributed by atoms with E-state index < -0.39 is 22.0 Å². The number of nitrogens with one attached hydrogen (secondary N) is 1. The van der Waals surface area contributed by atoms with Gasteiger partial charge in [0.15, 0.2) is 0 Å². The first-order valence-electron chi connectivity index (χ1n) is 12.2. The van der Waals surface area contributed by atoms with Gasteiger partial charge in [0.1, 0.15) is 11.9 Å². The van der Waals surface area contributed by atoms with Gasteiger partial charge in [-0.25, -0.2) is 18.2 Å². The highest BCUT2D eigenvalue weighted by Gasteiger charge is 2.39. The fourth-order valence-electron chi connectivity index (χ4n) is 4.86. The lowest BCUT2D eigenvalue weighted by molar-refractivity contribution is -0.124. The Balaban J connectivity index is 1.36. The van der Waals surface area contributed by atoms with E-state index in [9.17, 15) is 17.6 Å². The molecule has 7 nitrogen and oxygen atoms in total. The lowest BCUT2D eigenvalue weighted by atomic mass is 10.1. The summed E-state index contributed by atoms with van der Waals surface area (Å²) in [5.41, 5.74) is 6.25. The van der Waals surface area contributed by atoms with Crippen LogP contribution in [0, 0.1) is 12.7 Å².